The highest BCUT2D eigenvalue weighted by Gasteiger charge is 2.60. The zero-order valence-electron chi connectivity index (χ0n) is 29.7. The Kier molecular flexibility index (Phi) is 13.9. The zero-order chi connectivity index (χ0) is 33.4. The van der Waals surface area contributed by atoms with Crippen molar-refractivity contribution in [2.45, 2.75) is 169 Å². The van der Waals surface area contributed by atoms with Crippen LogP contribution in [-0.4, -0.2) is 43.2 Å². The Bertz CT molecular complexity index is 1090. The van der Waals surface area contributed by atoms with Crippen molar-refractivity contribution in [2.24, 2.45) is 46.3 Å². The average molecular weight is 666 g/mol. The fourth-order valence-electron chi connectivity index (χ4n) is 11.1. The number of esters is 1. The topological polar surface area (TPSA) is 110 Å². The molecule has 0 aromatic heterocycles. The van der Waals surface area contributed by atoms with Crippen LogP contribution in [-0.2, 0) is 24.4 Å². The smallest absolute Gasteiger partial charge is 0.306 e. The Morgan fingerprint density at radius 1 is 0.848 bits per heavy atom. The molecule has 266 valence electrons. The van der Waals surface area contributed by atoms with Gasteiger partial charge in [0.1, 0.15) is 6.10 Å². The van der Waals surface area contributed by atoms with E-state index in [0.29, 0.717) is 41.4 Å². The van der Waals surface area contributed by atoms with Gasteiger partial charge >= 0.3 is 5.97 Å². The Morgan fingerprint density at radius 2 is 1.50 bits per heavy atom. The summed E-state index contributed by atoms with van der Waals surface area (Å²) in [6, 6.07) is 0. The van der Waals surface area contributed by atoms with Crippen molar-refractivity contribution in [2.75, 3.05) is 12.3 Å². The second-order valence-electron chi connectivity index (χ2n) is 16.5. The summed E-state index contributed by atoms with van der Waals surface area (Å²) >= 11 is 0. The van der Waals surface area contributed by atoms with E-state index in [1.165, 1.54) is 89.9 Å². The van der Waals surface area contributed by atoms with E-state index in [0.717, 1.165) is 49.9 Å². The van der Waals surface area contributed by atoms with Crippen LogP contribution in [0.5, 0.6) is 0 Å². The highest BCUT2D eigenvalue weighted by atomic mass is 32.2. The van der Waals surface area contributed by atoms with Crippen molar-refractivity contribution in [3.63, 3.8) is 0 Å². The quantitative estimate of drug-likeness (QED) is 0.0860. The molecule has 0 aromatic carbocycles. The van der Waals surface area contributed by atoms with Gasteiger partial charge in [0.15, 0.2) is 0 Å². The Morgan fingerprint density at radius 3 is 2.20 bits per heavy atom. The van der Waals surface area contributed by atoms with Gasteiger partial charge in [-0.1, -0.05) is 79.1 Å². The van der Waals surface area contributed by atoms with Gasteiger partial charge in [0, 0.05) is 19.4 Å². The molecule has 4 fully saturated rings. The van der Waals surface area contributed by atoms with Gasteiger partial charge in [0.25, 0.3) is 10.1 Å². The molecule has 0 aromatic rings. The van der Waals surface area contributed by atoms with E-state index in [9.17, 15) is 18.0 Å². The normalized spacial score (nSPS) is 34.6. The molecule has 0 bridgehead atoms. The Hall–Kier alpha value is -1.15. The van der Waals surface area contributed by atoms with Gasteiger partial charge < -0.3 is 10.1 Å². The molecular formula is C38H67NO6S. The number of hydrogen-bond acceptors (Lipinski definition) is 5. The van der Waals surface area contributed by atoms with E-state index in [4.69, 9.17) is 9.29 Å². The molecule has 0 aliphatic heterocycles. The number of rotatable bonds is 18. The summed E-state index contributed by atoms with van der Waals surface area (Å²) in [5.74, 6) is 3.50. The second kappa shape index (κ2) is 17.0. The first-order valence-electron chi connectivity index (χ1n) is 19.3. The molecule has 46 heavy (non-hydrogen) atoms. The maximum Gasteiger partial charge on any atom is 0.306 e. The van der Waals surface area contributed by atoms with Crippen molar-refractivity contribution in [3.05, 3.63) is 0 Å². The molecule has 0 heterocycles. The molecule has 0 spiro atoms. The summed E-state index contributed by atoms with van der Waals surface area (Å²) in [6.07, 6.45) is 24.2. The van der Waals surface area contributed by atoms with Crippen LogP contribution >= 0.6 is 0 Å². The zero-order valence-corrected chi connectivity index (χ0v) is 30.5. The first-order chi connectivity index (χ1) is 21.9. The number of carbonyl (C=O) groups is 2. The van der Waals surface area contributed by atoms with Crippen LogP contribution in [0.1, 0.15) is 163 Å². The minimum atomic E-state index is -4.06. The molecule has 0 saturated heterocycles. The van der Waals surface area contributed by atoms with E-state index in [1.54, 1.807) is 0 Å². The summed E-state index contributed by atoms with van der Waals surface area (Å²) in [4.78, 5) is 25.1. The van der Waals surface area contributed by atoms with Gasteiger partial charge in [0.2, 0.25) is 5.91 Å². The molecule has 9 atom stereocenters. The maximum absolute atomic E-state index is 12.7. The van der Waals surface area contributed by atoms with Crippen molar-refractivity contribution in [1.29, 1.82) is 0 Å². The molecular weight excluding hydrogens is 598 g/mol. The number of unbranched alkanes of at least 4 members (excludes halogenated alkanes) is 8. The number of fused-ring (bicyclic) bond motifs is 5. The minimum Gasteiger partial charge on any atom is -0.462 e. The monoisotopic (exact) mass is 665 g/mol. The lowest BCUT2D eigenvalue weighted by atomic mass is 9.44. The molecule has 0 radical (unpaired) electrons. The maximum atomic E-state index is 12.7. The molecule has 4 rings (SSSR count). The summed E-state index contributed by atoms with van der Waals surface area (Å²) in [5.41, 5.74) is 0.682. The summed E-state index contributed by atoms with van der Waals surface area (Å²) in [7, 11) is -4.06. The third kappa shape index (κ3) is 9.72. The first kappa shape index (κ1) is 37.7. The summed E-state index contributed by atoms with van der Waals surface area (Å²) < 4.78 is 36.9. The molecule has 7 nitrogen and oxygen atoms in total. The number of nitrogens with one attached hydrogen (secondary N) is 1. The third-order valence-corrected chi connectivity index (χ3v) is 14.4. The molecule has 4 aliphatic carbocycles. The summed E-state index contributed by atoms with van der Waals surface area (Å²) in [5, 5.41) is 2.65. The SMILES string of the molecule is CCCCCCCCCCCC(=O)OC1CCC2(C)C(CCC3C2CCC2(C)C(C(C)CCC(=O)NCCS(=O)(=O)O)CCC32)C1. The van der Waals surface area contributed by atoms with Crippen molar-refractivity contribution in [3.8, 4) is 0 Å². The van der Waals surface area contributed by atoms with E-state index in [-0.39, 0.29) is 24.5 Å². The van der Waals surface area contributed by atoms with Gasteiger partial charge in [-0.25, -0.2) is 0 Å². The largest absolute Gasteiger partial charge is 0.462 e. The number of ether oxygens (including phenoxy) is 1. The Balaban J connectivity index is 1.20. The van der Waals surface area contributed by atoms with Gasteiger partial charge in [-0.2, -0.15) is 8.42 Å². The van der Waals surface area contributed by atoms with Crippen LogP contribution in [0.3, 0.4) is 0 Å². The van der Waals surface area contributed by atoms with E-state index >= 15 is 0 Å². The fraction of sp³-hybridized carbons (Fsp3) is 0.947. The minimum absolute atomic E-state index is 0.0281. The Labute approximate surface area is 281 Å². The highest BCUT2D eigenvalue weighted by molar-refractivity contribution is 7.85. The predicted octanol–water partition coefficient (Wildman–Crippen LogP) is 8.90. The van der Waals surface area contributed by atoms with Crippen molar-refractivity contribution in [1.82, 2.24) is 5.32 Å². The standard InChI is InChI=1S/C38H67NO6S/c1-5-6-7-8-9-10-11-12-13-14-36(41)45-30-21-23-37(3)29(27-30)16-17-31-33-19-18-32(38(33,4)24-22-34(31)37)28(2)15-20-35(40)39-25-26-46(42,43)44/h28-34H,5-27H2,1-4H3,(H,39,40)(H,42,43,44). The van der Waals surface area contributed by atoms with Crippen LogP contribution < -0.4 is 5.32 Å². The third-order valence-electron chi connectivity index (χ3n) is 13.7. The molecule has 1 amide bonds. The predicted molar refractivity (Wildman–Crippen MR) is 185 cm³/mol. The first-order valence-corrected chi connectivity index (χ1v) is 20.9. The average Bonchev–Trinajstić information content (AvgIpc) is 3.36. The lowest BCUT2D eigenvalue weighted by Crippen LogP contribution is -2.54. The van der Waals surface area contributed by atoms with Crippen LogP contribution in [0.2, 0.25) is 0 Å². The number of carbonyl (C=O) groups excluding carboxylic acids is 2. The van der Waals surface area contributed by atoms with Gasteiger partial charge in [0.05, 0.1) is 5.75 Å². The van der Waals surface area contributed by atoms with E-state index in [2.05, 4.69) is 33.0 Å². The van der Waals surface area contributed by atoms with E-state index < -0.39 is 15.9 Å². The summed E-state index contributed by atoms with van der Waals surface area (Å²) in [6.45, 7) is 9.65. The van der Waals surface area contributed by atoms with Crippen LogP contribution in [0, 0.1) is 46.3 Å². The fourth-order valence-corrected chi connectivity index (χ4v) is 11.5. The van der Waals surface area contributed by atoms with Crippen molar-refractivity contribution < 1.29 is 27.3 Å². The van der Waals surface area contributed by atoms with Crippen LogP contribution in [0.15, 0.2) is 0 Å². The lowest BCUT2D eigenvalue weighted by Gasteiger charge is -2.61. The van der Waals surface area contributed by atoms with Crippen LogP contribution in [0.25, 0.3) is 0 Å². The van der Waals surface area contributed by atoms with Gasteiger partial charge in [-0.3, -0.25) is 14.1 Å². The molecule has 4 saturated carbocycles. The molecule has 8 heteroatoms. The van der Waals surface area contributed by atoms with Crippen LogP contribution in [0.4, 0.5) is 0 Å². The van der Waals surface area contributed by atoms with Crippen molar-refractivity contribution >= 4 is 22.0 Å². The highest BCUT2D eigenvalue weighted by Crippen LogP contribution is 2.68. The van der Waals surface area contributed by atoms with Gasteiger partial charge in [-0.15, -0.1) is 0 Å². The van der Waals surface area contributed by atoms with Gasteiger partial charge in [-0.05, 0) is 117 Å². The number of hydrogen-bond donors (Lipinski definition) is 2. The second-order valence-corrected chi connectivity index (χ2v) is 18.1. The molecule has 4 aliphatic rings. The molecule has 9 unspecified atom stereocenters. The van der Waals surface area contributed by atoms with E-state index in [1.807, 2.05) is 0 Å². The lowest BCUT2D eigenvalue weighted by molar-refractivity contribution is -0.162. The molecule has 2 N–H and O–H groups in total. The number of amides is 1.